The van der Waals surface area contributed by atoms with E-state index < -0.39 is 0 Å². The van der Waals surface area contributed by atoms with Gasteiger partial charge in [0.25, 0.3) is 0 Å². The fraction of sp³-hybridized carbons (Fsp3) is 1.00. The average Bonchev–Trinajstić information content (AvgIpc) is 2.16. The quantitative estimate of drug-likeness (QED) is 0.388. The van der Waals surface area contributed by atoms with Crippen molar-refractivity contribution >= 4 is 11.7 Å². The fourth-order valence-corrected chi connectivity index (χ4v) is 1.79. The van der Waals surface area contributed by atoms with Crippen LogP contribution in [0.25, 0.3) is 0 Å². The van der Waals surface area contributed by atoms with Gasteiger partial charge < -0.3 is 0 Å². The molecular formula is C11H23OS+. The van der Waals surface area contributed by atoms with Gasteiger partial charge in [-0.25, -0.2) is 0 Å². The molecule has 0 heterocycles. The lowest BCUT2D eigenvalue weighted by Crippen LogP contribution is -1.84. The van der Waals surface area contributed by atoms with E-state index in [0.29, 0.717) is 0 Å². The van der Waals surface area contributed by atoms with Gasteiger partial charge in [-0.1, -0.05) is 51.9 Å². The van der Waals surface area contributed by atoms with Crippen LogP contribution in [0, 0.1) is 0 Å². The summed E-state index contributed by atoms with van der Waals surface area (Å²) in [6.45, 7) is 2.25. The predicted molar refractivity (Wildman–Crippen MR) is 60.1 cm³/mol. The zero-order valence-electron chi connectivity index (χ0n) is 8.89. The first-order valence-corrected chi connectivity index (χ1v) is 6.57. The van der Waals surface area contributed by atoms with E-state index in [4.69, 9.17) is 0 Å². The summed E-state index contributed by atoms with van der Waals surface area (Å²) < 4.78 is 10.1. The second kappa shape index (κ2) is 12.0. The fourth-order valence-electron chi connectivity index (χ4n) is 1.47. The molecule has 0 aromatic rings. The van der Waals surface area contributed by atoms with Crippen molar-refractivity contribution in [2.24, 2.45) is 0 Å². The van der Waals surface area contributed by atoms with E-state index in [-0.39, 0.29) is 0 Å². The lowest BCUT2D eigenvalue weighted by Gasteiger charge is -1.98. The molecular weight excluding hydrogens is 180 g/mol. The Kier molecular flexibility index (Phi) is 12.0. The third kappa shape index (κ3) is 12.0. The zero-order chi connectivity index (χ0) is 9.78. The second-order valence-electron chi connectivity index (χ2n) is 3.65. The highest BCUT2D eigenvalue weighted by Crippen LogP contribution is 2.09. The minimum atomic E-state index is 0.727. The van der Waals surface area contributed by atoms with E-state index >= 15 is 0 Å². The van der Waals surface area contributed by atoms with Gasteiger partial charge in [0.15, 0.2) is 0 Å². The normalized spacial score (nSPS) is 10.2. The van der Waals surface area contributed by atoms with Gasteiger partial charge in [0.2, 0.25) is 5.75 Å². The van der Waals surface area contributed by atoms with Crippen LogP contribution < -0.4 is 0 Å². The molecule has 0 aliphatic carbocycles. The Morgan fingerprint density at radius 2 is 1.23 bits per heavy atom. The van der Waals surface area contributed by atoms with Crippen LogP contribution >= 0.6 is 0 Å². The second-order valence-corrected chi connectivity index (χ2v) is 4.29. The Bertz CT molecular complexity index is 104. The van der Waals surface area contributed by atoms with Gasteiger partial charge in [-0.3, -0.25) is 0 Å². The molecule has 0 radical (unpaired) electrons. The smallest absolute Gasteiger partial charge is 0.0654 e. The summed E-state index contributed by atoms with van der Waals surface area (Å²) in [6, 6.07) is 0. The number of unbranched alkanes of at least 4 members (excludes halogenated alkanes) is 8. The number of rotatable bonds is 10. The molecule has 1 nitrogen and oxygen atoms in total. The minimum Gasteiger partial charge on any atom is -0.0654 e. The third-order valence-corrected chi connectivity index (χ3v) is 2.79. The van der Waals surface area contributed by atoms with Gasteiger partial charge in [0.05, 0.1) is 0 Å². The molecule has 0 aliphatic heterocycles. The van der Waals surface area contributed by atoms with Crippen LogP contribution in [0.1, 0.15) is 64.7 Å². The Balaban J connectivity index is 2.79. The molecule has 0 bridgehead atoms. The van der Waals surface area contributed by atoms with Crippen LogP contribution in [0.4, 0.5) is 0 Å². The molecule has 0 N–H and O–H groups in total. The summed E-state index contributed by atoms with van der Waals surface area (Å²) >= 11 is 0.727. The molecule has 0 unspecified atom stereocenters. The number of hydrogen-bond acceptors (Lipinski definition) is 1. The molecule has 0 saturated carbocycles. The monoisotopic (exact) mass is 203 g/mol. The van der Waals surface area contributed by atoms with Crippen molar-refractivity contribution in [3.8, 4) is 0 Å². The topological polar surface area (TPSA) is 17.1 Å². The van der Waals surface area contributed by atoms with Gasteiger partial charge >= 0.3 is 11.7 Å². The first kappa shape index (κ1) is 13.0. The van der Waals surface area contributed by atoms with Gasteiger partial charge in [0, 0.05) is 10.6 Å². The molecule has 78 valence electrons. The van der Waals surface area contributed by atoms with Crippen molar-refractivity contribution in [2.75, 3.05) is 5.75 Å². The Morgan fingerprint density at radius 3 is 1.69 bits per heavy atom. The summed E-state index contributed by atoms with van der Waals surface area (Å²) in [5.41, 5.74) is 0. The minimum absolute atomic E-state index is 0.727. The maximum atomic E-state index is 10.1. The van der Waals surface area contributed by atoms with Crippen LogP contribution in [0.5, 0.6) is 0 Å². The predicted octanol–water partition coefficient (Wildman–Crippen LogP) is 3.95. The van der Waals surface area contributed by atoms with Crippen molar-refractivity contribution in [1.82, 2.24) is 0 Å². The van der Waals surface area contributed by atoms with Crippen molar-refractivity contribution in [3.05, 3.63) is 0 Å². The van der Waals surface area contributed by atoms with Crippen molar-refractivity contribution < 1.29 is 4.21 Å². The maximum Gasteiger partial charge on any atom is 0.458 e. The SMILES string of the molecule is CCCCCCCCCCC[S+]=O. The molecule has 0 aromatic carbocycles. The Hall–Kier alpha value is 0.0200. The van der Waals surface area contributed by atoms with Gasteiger partial charge in [-0.05, 0) is 6.42 Å². The highest BCUT2D eigenvalue weighted by Gasteiger charge is 1.97. The van der Waals surface area contributed by atoms with Gasteiger partial charge in [0.1, 0.15) is 0 Å². The van der Waals surface area contributed by atoms with Crippen molar-refractivity contribution in [1.29, 1.82) is 0 Å². The summed E-state index contributed by atoms with van der Waals surface area (Å²) in [7, 11) is 0. The molecule has 13 heavy (non-hydrogen) atoms. The van der Waals surface area contributed by atoms with Gasteiger partial charge in [-0.2, -0.15) is 0 Å². The van der Waals surface area contributed by atoms with Crippen LogP contribution in [0.2, 0.25) is 0 Å². The first-order chi connectivity index (χ1) is 6.41. The Labute approximate surface area is 86.8 Å². The summed E-state index contributed by atoms with van der Waals surface area (Å²) in [5, 5.41) is 0. The van der Waals surface area contributed by atoms with Crippen molar-refractivity contribution in [3.63, 3.8) is 0 Å². The lowest BCUT2D eigenvalue weighted by atomic mass is 10.1. The van der Waals surface area contributed by atoms with E-state index in [9.17, 15) is 4.21 Å². The largest absolute Gasteiger partial charge is 0.458 e. The molecule has 0 spiro atoms. The standard InChI is InChI=1S/C11H23OS/c1-2-3-4-5-6-7-8-9-10-11-13-12/h2-11H2,1H3/q+1. The van der Waals surface area contributed by atoms with Crippen LogP contribution in [-0.2, 0) is 15.9 Å². The molecule has 0 aliphatic rings. The summed E-state index contributed by atoms with van der Waals surface area (Å²) in [6.07, 6.45) is 12.0. The van der Waals surface area contributed by atoms with E-state index in [2.05, 4.69) is 6.92 Å². The van der Waals surface area contributed by atoms with E-state index in [1.165, 1.54) is 51.4 Å². The molecule has 0 saturated heterocycles. The molecule has 0 amide bonds. The van der Waals surface area contributed by atoms with E-state index in [1.54, 1.807) is 0 Å². The number of hydrogen-bond donors (Lipinski definition) is 0. The zero-order valence-corrected chi connectivity index (χ0v) is 9.70. The Morgan fingerprint density at radius 1 is 0.769 bits per heavy atom. The van der Waals surface area contributed by atoms with Crippen LogP contribution in [-0.4, -0.2) is 5.75 Å². The summed E-state index contributed by atoms with van der Waals surface area (Å²) in [5.74, 6) is 0.801. The molecule has 0 atom stereocenters. The first-order valence-electron chi connectivity index (χ1n) is 5.66. The highest BCUT2D eigenvalue weighted by molar-refractivity contribution is 7.65. The van der Waals surface area contributed by atoms with E-state index in [1.807, 2.05) is 0 Å². The highest BCUT2D eigenvalue weighted by atomic mass is 32.1. The van der Waals surface area contributed by atoms with Crippen molar-refractivity contribution in [2.45, 2.75) is 64.7 Å². The summed E-state index contributed by atoms with van der Waals surface area (Å²) in [4.78, 5) is 0. The molecule has 2 heteroatoms. The van der Waals surface area contributed by atoms with Gasteiger partial charge in [-0.15, -0.1) is 0 Å². The average molecular weight is 203 g/mol. The van der Waals surface area contributed by atoms with Crippen LogP contribution in [0.15, 0.2) is 0 Å². The molecule has 0 fully saturated rings. The molecule has 0 aromatic heterocycles. The lowest BCUT2D eigenvalue weighted by molar-refractivity contribution is 0.570. The van der Waals surface area contributed by atoms with E-state index in [0.717, 1.165) is 23.8 Å². The van der Waals surface area contributed by atoms with Crippen LogP contribution in [0.3, 0.4) is 0 Å². The molecule has 0 rings (SSSR count). The third-order valence-electron chi connectivity index (χ3n) is 2.33. The maximum absolute atomic E-state index is 10.1.